The normalized spacial score (nSPS) is 19.9. The second-order valence-electron chi connectivity index (χ2n) is 6.19. The van der Waals surface area contributed by atoms with Gasteiger partial charge < -0.3 is 10.4 Å². The zero-order chi connectivity index (χ0) is 16.5. The van der Waals surface area contributed by atoms with Gasteiger partial charge in [0.05, 0.1) is 11.1 Å². The highest BCUT2D eigenvalue weighted by molar-refractivity contribution is 6.15. The zero-order valence-electron chi connectivity index (χ0n) is 13.1. The molecule has 24 heavy (non-hydrogen) atoms. The average Bonchev–Trinajstić information content (AvgIpc) is 3.08. The number of carbonyl (C=O) groups is 1. The van der Waals surface area contributed by atoms with Crippen LogP contribution in [0.5, 0.6) is 0 Å². The number of hydrogen-bond donors (Lipinski definition) is 2. The molecule has 3 aromatic rings. The first kappa shape index (κ1) is 14.8. The molecular formula is C20H18N2O2. The van der Waals surface area contributed by atoms with Gasteiger partial charge >= 0.3 is 0 Å². The minimum absolute atomic E-state index is 0.0418. The highest BCUT2D eigenvalue weighted by Gasteiger charge is 2.22. The smallest absolute Gasteiger partial charge is 0.253 e. The van der Waals surface area contributed by atoms with Crippen LogP contribution in [0.4, 0.5) is 0 Å². The number of amides is 1. The van der Waals surface area contributed by atoms with E-state index in [1.54, 1.807) is 6.20 Å². The van der Waals surface area contributed by atoms with E-state index in [1.165, 1.54) is 0 Å². The third kappa shape index (κ3) is 2.55. The minimum atomic E-state index is -0.127. The maximum absolute atomic E-state index is 12.8. The van der Waals surface area contributed by atoms with E-state index in [0.717, 1.165) is 28.1 Å². The largest absolute Gasteiger partial charge is 0.396 e. The summed E-state index contributed by atoms with van der Waals surface area (Å²) in [6.45, 7) is 0.114. The molecule has 1 heterocycles. The van der Waals surface area contributed by atoms with Crippen LogP contribution in [0.1, 0.15) is 16.8 Å². The quantitative estimate of drug-likeness (QED) is 0.576. The Bertz CT molecular complexity index is 949. The van der Waals surface area contributed by atoms with Crippen LogP contribution in [0, 0.1) is 5.92 Å². The van der Waals surface area contributed by atoms with E-state index in [2.05, 4.69) is 10.3 Å². The van der Waals surface area contributed by atoms with Crippen LogP contribution in [-0.2, 0) is 0 Å². The summed E-state index contributed by atoms with van der Waals surface area (Å²) in [6.07, 6.45) is 6.36. The van der Waals surface area contributed by atoms with Crippen molar-refractivity contribution in [3.05, 3.63) is 66.4 Å². The molecule has 4 heteroatoms. The molecule has 0 radical (unpaired) electrons. The molecule has 1 aliphatic carbocycles. The molecule has 2 N–H and O–H groups in total. The topological polar surface area (TPSA) is 62.2 Å². The second kappa shape index (κ2) is 6.06. The summed E-state index contributed by atoms with van der Waals surface area (Å²) in [7, 11) is 0. The summed E-state index contributed by atoms with van der Waals surface area (Å²) in [5.41, 5.74) is 1.31. The molecule has 0 aliphatic heterocycles. The Labute approximate surface area is 139 Å². The van der Waals surface area contributed by atoms with Crippen molar-refractivity contribution in [2.24, 2.45) is 5.92 Å². The maximum atomic E-state index is 12.8. The molecule has 1 aliphatic rings. The number of aliphatic hydroxyl groups excluding tert-OH is 1. The summed E-state index contributed by atoms with van der Waals surface area (Å²) in [6, 6.07) is 13.8. The average molecular weight is 318 g/mol. The van der Waals surface area contributed by atoms with Gasteiger partial charge in [-0.3, -0.25) is 9.78 Å². The summed E-state index contributed by atoms with van der Waals surface area (Å²) in [5.74, 6) is -0.000495. The van der Waals surface area contributed by atoms with Crippen molar-refractivity contribution >= 4 is 27.6 Å². The Kier molecular flexibility index (Phi) is 3.75. The van der Waals surface area contributed by atoms with E-state index >= 15 is 0 Å². The van der Waals surface area contributed by atoms with E-state index in [9.17, 15) is 9.90 Å². The van der Waals surface area contributed by atoms with Gasteiger partial charge in [-0.25, -0.2) is 0 Å². The summed E-state index contributed by atoms with van der Waals surface area (Å²) < 4.78 is 0. The van der Waals surface area contributed by atoms with Crippen molar-refractivity contribution in [3.8, 4) is 0 Å². The van der Waals surface area contributed by atoms with Crippen LogP contribution < -0.4 is 5.32 Å². The third-order valence-electron chi connectivity index (χ3n) is 4.58. The molecule has 1 amide bonds. The molecule has 120 valence electrons. The lowest BCUT2D eigenvalue weighted by Crippen LogP contribution is -2.33. The van der Waals surface area contributed by atoms with Gasteiger partial charge in [-0.05, 0) is 29.3 Å². The lowest BCUT2D eigenvalue weighted by molar-refractivity contribution is 0.0942. The van der Waals surface area contributed by atoms with E-state index in [1.807, 2.05) is 54.6 Å². The maximum Gasteiger partial charge on any atom is 0.253 e. The van der Waals surface area contributed by atoms with Crippen LogP contribution in [0.2, 0.25) is 0 Å². The fraction of sp³-hybridized carbons (Fsp3) is 0.200. The van der Waals surface area contributed by atoms with Gasteiger partial charge in [-0.2, -0.15) is 0 Å². The number of rotatable bonds is 3. The van der Waals surface area contributed by atoms with E-state index in [-0.39, 0.29) is 24.5 Å². The van der Waals surface area contributed by atoms with Gasteiger partial charge in [-0.1, -0.05) is 42.5 Å². The Hall–Kier alpha value is -2.72. The molecule has 0 bridgehead atoms. The van der Waals surface area contributed by atoms with Crippen molar-refractivity contribution in [2.45, 2.75) is 12.5 Å². The minimum Gasteiger partial charge on any atom is -0.396 e. The van der Waals surface area contributed by atoms with Gasteiger partial charge in [-0.15, -0.1) is 0 Å². The number of hydrogen-bond acceptors (Lipinski definition) is 3. The number of pyridine rings is 1. The molecule has 0 spiro atoms. The Morgan fingerprint density at radius 1 is 1.17 bits per heavy atom. The molecule has 2 aromatic carbocycles. The molecule has 2 atom stereocenters. The number of fused-ring (bicyclic) bond motifs is 3. The van der Waals surface area contributed by atoms with Crippen LogP contribution in [0.3, 0.4) is 0 Å². The monoisotopic (exact) mass is 318 g/mol. The summed E-state index contributed by atoms with van der Waals surface area (Å²) in [4.78, 5) is 17.2. The van der Waals surface area contributed by atoms with Gasteiger partial charge in [0.1, 0.15) is 0 Å². The molecule has 0 unspecified atom stereocenters. The first-order valence-corrected chi connectivity index (χ1v) is 8.13. The van der Waals surface area contributed by atoms with E-state index in [0.29, 0.717) is 5.56 Å². The van der Waals surface area contributed by atoms with Crippen LogP contribution in [0.25, 0.3) is 21.7 Å². The third-order valence-corrected chi connectivity index (χ3v) is 4.58. The zero-order valence-corrected chi connectivity index (χ0v) is 13.1. The second-order valence-corrected chi connectivity index (χ2v) is 6.19. The van der Waals surface area contributed by atoms with Crippen molar-refractivity contribution < 1.29 is 9.90 Å². The first-order chi connectivity index (χ1) is 11.8. The fourth-order valence-electron chi connectivity index (χ4n) is 3.37. The highest BCUT2D eigenvalue weighted by atomic mass is 16.3. The summed E-state index contributed by atoms with van der Waals surface area (Å²) >= 11 is 0. The Balaban J connectivity index is 1.75. The van der Waals surface area contributed by atoms with Crippen LogP contribution in [-0.4, -0.2) is 28.6 Å². The van der Waals surface area contributed by atoms with Crippen molar-refractivity contribution in [1.29, 1.82) is 0 Å². The van der Waals surface area contributed by atoms with Gasteiger partial charge in [0.15, 0.2) is 0 Å². The molecular weight excluding hydrogens is 300 g/mol. The first-order valence-electron chi connectivity index (χ1n) is 8.13. The number of nitrogens with zero attached hydrogens (tertiary/aromatic N) is 1. The molecule has 4 nitrogen and oxygen atoms in total. The number of aliphatic hydroxyl groups is 1. The predicted molar refractivity (Wildman–Crippen MR) is 94.8 cm³/mol. The van der Waals surface area contributed by atoms with Gasteiger partial charge in [0.2, 0.25) is 0 Å². The highest BCUT2D eigenvalue weighted by Crippen LogP contribution is 2.27. The van der Waals surface area contributed by atoms with E-state index < -0.39 is 0 Å². The standard InChI is InChI=1S/C20H18N2O2/c23-12-13-7-8-15(10-13)22-20(24)18-11-14-4-1-2-5-16(14)17-6-3-9-21-19(17)18/h1-9,11,13,15,23H,10,12H2,(H,22,24)/t13-,15+/m0/s1. The number of nitrogens with one attached hydrogen (secondary N) is 1. The van der Waals surface area contributed by atoms with Crippen LogP contribution >= 0.6 is 0 Å². The molecule has 0 fully saturated rings. The Morgan fingerprint density at radius 2 is 2.00 bits per heavy atom. The van der Waals surface area contributed by atoms with E-state index in [4.69, 9.17) is 0 Å². The molecule has 0 saturated carbocycles. The Morgan fingerprint density at radius 3 is 2.83 bits per heavy atom. The summed E-state index contributed by atoms with van der Waals surface area (Å²) in [5, 5.41) is 15.4. The SMILES string of the molecule is O=C(N[C@@H]1C=C[C@H](CO)C1)c1cc2ccccc2c2cccnc12. The van der Waals surface area contributed by atoms with Crippen molar-refractivity contribution in [1.82, 2.24) is 10.3 Å². The number of carbonyl (C=O) groups excluding carboxylic acids is 1. The molecule has 4 rings (SSSR count). The van der Waals surface area contributed by atoms with Gasteiger partial charge in [0, 0.05) is 30.1 Å². The van der Waals surface area contributed by atoms with Crippen molar-refractivity contribution in [2.75, 3.05) is 6.61 Å². The predicted octanol–water partition coefficient (Wildman–Crippen LogP) is 3.05. The van der Waals surface area contributed by atoms with Crippen molar-refractivity contribution in [3.63, 3.8) is 0 Å². The number of benzene rings is 2. The molecule has 1 aromatic heterocycles. The van der Waals surface area contributed by atoms with Crippen LogP contribution in [0.15, 0.2) is 60.8 Å². The lowest BCUT2D eigenvalue weighted by atomic mass is 10.00. The lowest BCUT2D eigenvalue weighted by Gasteiger charge is -2.14. The fourth-order valence-corrected chi connectivity index (χ4v) is 3.37. The number of aromatic nitrogens is 1. The molecule has 0 saturated heterocycles. The van der Waals surface area contributed by atoms with Gasteiger partial charge in [0.25, 0.3) is 5.91 Å².